The molecule has 1 atom stereocenters. The summed E-state index contributed by atoms with van der Waals surface area (Å²) in [5.74, 6) is 0. The van der Waals surface area contributed by atoms with Crippen LogP contribution in [0.5, 0.6) is 0 Å². The van der Waals surface area contributed by atoms with E-state index in [9.17, 15) is 4.79 Å². The molecular formula is C13H28N2O2. The van der Waals surface area contributed by atoms with Crippen molar-refractivity contribution in [1.82, 2.24) is 0 Å². The highest BCUT2D eigenvalue weighted by Gasteiger charge is 2.00. The summed E-state index contributed by atoms with van der Waals surface area (Å²) in [7, 11) is 0. The standard InChI is InChI=1S/C13H28N2O2/c14-11-9-7-5-3-1-2-4-6-8-10-13(15)17-12-16/h12-13H,1-11,14-15H2. The van der Waals surface area contributed by atoms with Crippen LogP contribution in [0, 0.1) is 0 Å². The van der Waals surface area contributed by atoms with Crippen molar-refractivity contribution >= 4 is 6.47 Å². The Morgan fingerprint density at radius 1 is 0.882 bits per heavy atom. The smallest absolute Gasteiger partial charge is 0.294 e. The summed E-state index contributed by atoms with van der Waals surface area (Å²) in [5, 5.41) is 0. The van der Waals surface area contributed by atoms with Crippen LogP contribution >= 0.6 is 0 Å². The van der Waals surface area contributed by atoms with E-state index >= 15 is 0 Å². The molecule has 0 aromatic heterocycles. The van der Waals surface area contributed by atoms with Crippen molar-refractivity contribution in [2.24, 2.45) is 11.5 Å². The van der Waals surface area contributed by atoms with Gasteiger partial charge in [0.05, 0.1) is 0 Å². The minimum Gasteiger partial charge on any atom is -0.449 e. The van der Waals surface area contributed by atoms with Gasteiger partial charge in [-0.25, -0.2) is 0 Å². The van der Waals surface area contributed by atoms with Crippen LogP contribution in [0.4, 0.5) is 0 Å². The second-order valence-corrected chi connectivity index (χ2v) is 4.53. The van der Waals surface area contributed by atoms with E-state index < -0.39 is 6.23 Å². The molecule has 0 heterocycles. The third kappa shape index (κ3) is 13.3. The molecule has 0 aliphatic carbocycles. The van der Waals surface area contributed by atoms with Crippen molar-refractivity contribution in [2.45, 2.75) is 70.4 Å². The summed E-state index contributed by atoms with van der Waals surface area (Å²) < 4.78 is 4.61. The van der Waals surface area contributed by atoms with Crippen molar-refractivity contribution in [3.63, 3.8) is 0 Å². The predicted octanol–water partition coefficient (Wildman–Crippen LogP) is 2.30. The zero-order valence-electron chi connectivity index (χ0n) is 10.9. The fourth-order valence-corrected chi connectivity index (χ4v) is 1.87. The maximum absolute atomic E-state index is 9.99. The highest BCUT2D eigenvalue weighted by Crippen LogP contribution is 2.10. The Kier molecular flexibility index (Phi) is 13.0. The fourth-order valence-electron chi connectivity index (χ4n) is 1.87. The Labute approximate surface area is 105 Å². The first-order chi connectivity index (χ1) is 8.31. The van der Waals surface area contributed by atoms with Crippen LogP contribution in [0.2, 0.25) is 0 Å². The van der Waals surface area contributed by atoms with Gasteiger partial charge in [-0.1, -0.05) is 44.9 Å². The summed E-state index contributed by atoms with van der Waals surface area (Å²) in [5.41, 5.74) is 11.0. The molecule has 0 aliphatic heterocycles. The quantitative estimate of drug-likeness (QED) is 0.296. The van der Waals surface area contributed by atoms with Gasteiger partial charge in [0.15, 0.2) is 6.23 Å². The molecule has 0 spiro atoms. The molecule has 0 aromatic carbocycles. The molecule has 0 aromatic rings. The number of unbranched alkanes of at least 4 members (excludes halogenated alkanes) is 8. The minimum atomic E-state index is -0.413. The van der Waals surface area contributed by atoms with E-state index in [4.69, 9.17) is 11.5 Å². The molecule has 0 aliphatic rings. The summed E-state index contributed by atoms with van der Waals surface area (Å²) in [6, 6.07) is 0. The molecule has 0 amide bonds. The lowest BCUT2D eigenvalue weighted by molar-refractivity contribution is -0.133. The summed E-state index contributed by atoms with van der Waals surface area (Å²) in [6.45, 7) is 1.25. The zero-order chi connectivity index (χ0) is 12.8. The van der Waals surface area contributed by atoms with Crippen LogP contribution in [0.15, 0.2) is 0 Å². The second kappa shape index (κ2) is 13.5. The number of carbonyl (C=O) groups excluding carboxylic acids is 1. The average molecular weight is 244 g/mol. The second-order valence-electron chi connectivity index (χ2n) is 4.53. The van der Waals surface area contributed by atoms with Crippen LogP contribution in [-0.2, 0) is 9.53 Å². The van der Waals surface area contributed by atoms with Crippen molar-refractivity contribution in [1.29, 1.82) is 0 Å². The predicted molar refractivity (Wildman–Crippen MR) is 70.3 cm³/mol. The number of rotatable bonds is 13. The van der Waals surface area contributed by atoms with E-state index in [1.165, 1.54) is 44.9 Å². The molecule has 4 nitrogen and oxygen atoms in total. The van der Waals surface area contributed by atoms with Crippen molar-refractivity contribution < 1.29 is 9.53 Å². The van der Waals surface area contributed by atoms with Crippen molar-refractivity contribution in [3.8, 4) is 0 Å². The topological polar surface area (TPSA) is 78.3 Å². The Bertz CT molecular complexity index is 165. The van der Waals surface area contributed by atoms with E-state index in [-0.39, 0.29) is 0 Å². The monoisotopic (exact) mass is 244 g/mol. The lowest BCUT2D eigenvalue weighted by Crippen LogP contribution is -2.22. The van der Waals surface area contributed by atoms with Gasteiger partial charge < -0.3 is 10.5 Å². The Morgan fingerprint density at radius 3 is 1.82 bits per heavy atom. The molecule has 1 unspecified atom stereocenters. The minimum absolute atomic E-state index is 0.413. The van der Waals surface area contributed by atoms with Crippen LogP contribution in [0.25, 0.3) is 0 Å². The van der Waals surface area contributed by atoms with Gasteiger partial charge in [-0.2, -0.15) is 0 Å². The molecular weight excluding hydrogens is 216 g/mol. The largest absolute Gasteiger partial charge is 0.449 e. The van der Waals surface area contributed by atoms with Gasteiger partial charge >= 0.3 is 0 Å². The first-order valence-corrected chi connectivity index (χ1v) is 6.86. The normalized spacial score (nSPS) is 12.4. The van der Waals surface area contributed by atoms with E-state index in [2.05, 4.69) is 4.74 Å². The molecule has 0 saturated carbocycles. The third-order valence-corrected chi connectivity index (χ3v) is 2.92. The zero-order valence-corrected chi connectivity index (χ0v) is 10.9. The molecule has 4 N–H and O–H groups in total. The summed E-state index contributed by atoms with van der Waals surface area (Å²) >= 11 is 0. The number of hydrogen-bond donors (Lipinski definition) is 2. The highest BCUT2D eigenvalue weighted by atomic mass is 16.5. The van der Waals surface area contributed by atoms with Crippen molar-refractivity contribution in [2.75, 3.05) is 6.54 Å². The van der Waals surface area contributed by atoms with Gasteiger partial charge in [0.2, 0.25) is 0 Å². The highest BCUT2D eigenvalue weighted by molar-refractivity contribution is 5.37. The molecule has 102 valence electrons. The number of ether oxygens (including phenoxy) is 1. The maximum atomic E-state index is 9.99. The van der Waals surface area contributed by atoms with Gasteiger partial charge in [0, 0.05) is 0 Å². The van der Waals surface area contributed by atoms with Gasteiger partial charge in [0.1, 0.15) is 0 Å². The van der Waals surface area contributed by atoms with Crippen LogP contribution in [-0.4, -0.2) is 19.2 Å². The number of carbonyl (C=O) groups is 1. The van der Waals surface area contributed by atoms with Crippen LogP contribution < -0.4 is 11.5 Å². The van der Waals surface area contributed by atoms with E-state index in [0.29, 0.717) is 6.47 Å². The third-order valence-electron chi connectivity index (χ3n) is 2.92. The number of nitrogens with two attached hydrogens (primary N) is 2. The lowest BCUT2D eigenvalue weighted by Gasteiger charge is -2.08. The maximum Gasteiger partial charge on any atom is 0.294 e. The lowest BCUT2D eigenvalue weighted by atomic mass is 10.1. The van der Waals surface area contributed by atoms with Crippen molar-refractivity contribution in [3.05, 3.63) is 0 Å². The van der Waals surface area contributed by atoms with Crippen LogP contribution in [0.1, 0.15) is 64.2 Å². The van der Waals surface area contributed by atoms with Gasteiger partial charge in [0.25, 0.3) is 6.47 Å². The molecule has 0 radical (unpaired) electrons. The first kappa shape index (κ1) is 16.4. The molecule has 0 fully saturated rings. The molecule has 0 bridgehead atoms. The van der Waals surface area contributed by atoms with E-state index in [1.54, 1.807) is 0 Å². The van der Waals surface area contributed by atoms with Crippen LogP contribution in [0.3, 0.4) is 0 Å². The molecule has 4 heteroatoms. The van der Waals surface area contributed by atoms with E-state index in [0.717, 1.165) is 25.8 Å². The van der Waals surface area contributed by atoms with Gasteiger partial charge in [-0.3, -0.25) is 10.5 Å². The van der Waals surface area contributed by atoms with E-state index in [1.807, 2.05) is 0 Å². The Hall–Kier alpha value is -0.610. The number of hydrogen-bond acceptors (Lipinski definition) is 4. The molecule has 17 heavy (non-hydrogen) atoms. The summed E-state index contributed by atoms with van der Waals surface area (Å²) in [4.78, 5) is 9.99. The molecule has 0 rings (SSSR count). The van der Waals surface area contributed by atoms with Gasteiger partial charge in [-0.15, -0.1) is 0 Å². The fraction of sp³-hybridized carbons (Fsp3) is 0.923. The average Bonchev–Trinajstić information content (AvgIpc) is 2.32. The Balaban J connectivity index is 3.00. The Morgan fingerprint density at radius 2 is 1.35 bits per heavy atom. The first-order valence-electron chi connectivity index (χ1n) is 6.86. The SMILES string of the molecule is NCCCCCCCCCCCC(N)OC=O. The summed E-state index contributed by atoms with van der Waals surface area (Å²) in [6.07, 6.45) is 11.5. The molecule has 0 saturated heterocycles. The van der Waals surface area contributed by atoms with Gasteiger partial charge in [-0.05, 0) is 25.8 Å².